The number of rotatable bonds is 4. The van der Waals surface area contributed by atoms with Crippen molar-refractivity contribution in [1.82, 2.24) is 10.2 Å². The van der Waals surface area contributed by atoms with Crippen LogP contribution >= 0.6 is 0 Å². The molecule has 1 saturated heterocycles. The summed E-state index contributed by atoms with van der Waals surface area (Å²) >= 11 is 0. The lowest BCUT2D eigenvalue weighted by Crippen LogP contribution is -2.41. The maximum atomic E-state index is 11.9. The highest BCUT2D eigenvalue weighted by Gasteiger charge is 2.22. The molecule has 0 aromatic heterocycles. The van der Waals surface area contributed by atoms with Gasteiger partial charge in [-0.05, 0) is 44.4 Å². The SMILES string of the molecule is N#CCC(=O)N1CCC(CNC(=O)C=C2CCCCC2)CC1. The summed E-state index contributed by atoms with van der Waals surface area (Å²) in [6.07, 6.45) is 9.35. The standard InChI is InChI=1S/C17H25N3O2/c18-9-6-17(22)20-10-7-15(8-11-20)13-19-16(21)12-14-4-2-1-3-5-14/h12,15H,1-8,10-11,13H2,(H,19,21). The first-order valence-corrected chi connectivity index (χ1v) is 8.31. The molecule has 22 heavy (non-hydrogen) atoms. The van der Waals surface area contributed by atoms with Crippen molar-refractivity contribution < 1.29 is 9.59 Å². The summed E-state index contributed by atoms with van der Waals surface area (Å²) < 4.78 is 0. The minimum absolute atomic E-state index is 0.0277. The van der Waals surface area contributed by atoms with Crippen LogP contribution in [0.3, 0.4) is 0 Å². The molecule has 0 atom stereocenters. The number of likely N-dealkylation sites (tertiary alicyclic amines) is 1. The molecular formula is C17H25N3O2. The van der Waals surface area contributed by atoms with Crippen molar-refractivity contribution in [2.45, 2.75) is 51.4 Å². The lowest BCUT2D eigenvalue weighted by atomic mass is 9.94. The molecule has 1 N–H and O–H groups in total. The fraction of sp³-hybridized carbons (Fsp3) is 0.706. The fourth-order valence-electron chi connectivity index (χ4n) is 3.20. The van der Waals surface area contributed by atoms with Gasteiger partial charge in [-0.3, -0.25) is 9.59 Å². The van der Waals surface area contributed by atoms with Crippen molar-refractivity contribution in [1.29, 1.82) is 5.26 Å². The maximum Gasteiger partial charge on any atom is 0.243 e. The summed E-state index contributed by atoms with van der Waals surface area (Å²) in [6.45, 7) is 2.08. The molecule has 0 aromatic rings. The van der Waals surface area contributed by atoms with E-state index in [1.165, 1.54) is 24.8 Å². The van der Waals surface area contributed by atoms with Gasteiger partial charge in [0.05, 0.1) is 6.07 Å². The van der Waals surface area contributed by atoms with Gasteiger partial charge >= 0.3 is 0 Å². The average Bonchev–Trinajstić information content (AvgIpc) is 2.54. The van der Waals surface area contributed by atoms with Crippen LogP contribution in [0.5, 0.6) is 0 Å². The summed E-state index contributed by atoms with van der Waals surface area (Å²) in [5.74, 6) is 0.381. The summed E-state index contributed by atoms with van der Waals surface area (Å²) in [5.41, 5.74) is 1.28. The van der Waals surface area contributed by atoms with Gasteiger partial charge in [0.1, 0.15) is 6.42 Å². The Morgan fingerprint density at radius 2 is 1.91 bits per heavy atom. The molecule has 2 fully saturated rings. The topological polar surface area (TPSA) is 73.2 Å². The third-order valence-electron chi connectivity index (χ3n) is 4.59. The van der Waals surface area contributed by atoms with Crippen LogP contribution < -0.4 is 5.32 Å². The first-order chi connectivity index (χ1) is 10.7. The minimum Gasteiger partial charge on any atom is -0.352 e. The quantitative estimate of drug-likeness (QED) is 0.809. The highest BCUT2D eigenvalue weighted by molar-refractivity contribution is 5.88. The number of hydrogen-bond acceptors (Lipinski definition) is 3. The second-order valence-corrected chi connectivity index (χ2v) is 6.27. The molecular weight excluding hydrogens is 278 g/mol. The first kappa shape index (κ1) is 16.5. The van der Waals surface area contributed by atoms with Crippen LogP contribution in [0.1, 0.15) is 51.4 Å². The maximum absolute atomic E-state index is 11.9. The van der Waals surface area contributed by atoms with Crippen LogP contribution in [-0.4, -0.2) is 36.3 Å². The zero-order chi connectivity index (χ0) is 15.8. The lowest BCUT2D eigenvalue weighted by molar-refractivity contribution is -0.131. The Hall–Kier alpha value is -1.83. The van der Waals surface area contributed by atoms with E-state index < -0.39 is 0 Å². The van der Waals surface area contributed by atoms with Gasteiger partial charge in [-0.25, -0.2) is 0 Å². The van der Waals surface area contributed by atoms with Crippen LogP contribution in [0.25, 0.3) is 0 Å². The van der Waals surface area contributed by atoms with Crippen molar-refractivity contribution in [2.24, 2.45) is 5.92 Å². The van der Waals surface area contributed by atoms with Crippen molar-refractivity contribution in [2.75, 3.05) is 19.6 Å². The summed E-state index contributed by atoms with van der Waals surface area (Å²) in [4.78, 5) is 25.3. The van der Waals surface area contributed by atoms with E-state index in [0.29, 0.717) is 25.6 Å². The monoisotopic (exact) mass is 303 g/mol. The smallest absolute Gasteiger partial charge is 0.243 e. The van der Waals surface area contributed by atoms with Gasteiger partial charge in [0.2, 0.25) is 11.8 Å². The third kappa shape index (κ3) is 5.18. The van der Waals surface area contributed by atoms with E-state index in [4.69, 9.17) is 5.26 Å². The lowest BCUT2D eigenvalue weighted by Gasteiger charge is -2.31. The Morgan fingerprint density at radius 1 is 1.23 bits per heavy atom. The van der Waals surface area contributed by atoms with E-state index in [2.05, 4.69) is 5.32 Å². The summed E-state index contributed by atoms with van der Waals surface area (Å²) in [5, 5.41) is 11.5. The average molecular weight is 303 g/mol. The van der Waals surface area contributed by atoms with Crippen molar-refractivity contribution in [3.63, 3.8) is 0 Å². The summed E-state index contributed by atoms with van der Waals surface area (Å²) in [6, 6.07) is 1.90. The zero-order valence-electron chi connectivity index (χ0n) is 13.1. The van der Waals surface area contributed by atoms with E-state index >= 15 is 0 Å². The van der Waals surface area contributed by atoms with Crippen molar-refractivity contribution in [3.05, 3.63) is 11.6 Å². The number of nitriles is 1. The number of allylic oxidation sites excluding steroid dienone is 1. The van der Waals surface area contributed by atoms with E-state index in [1.54, 1.807) is 11.0 Å². The van der Waals surface area contributed by atoms with Gasteiger partial charge in [-0.15, -0.1) is 0 Å². The van der Waals surface area contributed by atoms with E-state index in [-0.39, 0.29) is 18.2 Å². The van der Waals surface area contributed by atoms with Crippen LogP contribution in [0.4, 0.5) is 0 Å². The number of piperidine rings is 1. The van der Waals surface area contributed by atoms with E-state index in [1.807, 2.05) is 6.07 Å². The van der Waals surface area contributed by atoms with Gasteiger partial charge in [0.15, 0.2) is 0 Å². The molecule has 0 aromatic carbocycles. The number of nitrogens with one attached hydrogen (secondary N) is 1. The molecule has 2 aliphatic rings. The van der Waals surface area contributed by atoms with Gasteiger partial charge in [0.25, 0.3) is 0 Å². The Bertz CT molecular complexity index is 463. The highest BCUT2D eigenvalue weighted by Crippen LogP contribution is 2.22. The second-order valence-electron chi connectivity index (χ2n) is 6.27. The normalized spacial score (nSPS) is 19.4. The molecule has 5 heteroatoms. The molecule has 0 bridgehead atoms. The Balaban J connectivity index is 1.67. The number of hydrogen-bond donors (Lipinski definition) is 1. The molecule has 5 nitrogen and oxygen atoms in total. The number of nitrogens with zero attached hydrogens (tertiary/aromatic N) is 2. The van der Waals surface area contributed by atoms with Crippen LogP contribution in [-0.2, 0) is 9.59 Å². The second kappa shape index (κ2) is 8.57. The Kier molecular flexibility index (Phi) is 6.45. The number of carbonyl (C=O) groups is 2. The number of amides is 2. The van der Waals surface area contributed by atoms with Gasteiger partial charge in [0, 0.05) is 25.7 Å². The molecule has 1 aliphatic heterocycles. The van der Waals surface area contributed by atoms with Crippen LogP contribution in [0.15, 0.2) is 11.6 Å². The molecule has 0 spiro atoms. The molecule has 2 amide bonds. The predicted octanol–water partition coefficient (Wildman–Crippen LogP) is 2.15. The molecule has 1 aliphatic carbocycles. The van der Waals surface area contributed by atoms with Gasteiger partial charge in [-0.1, -0.05) is 12.0 Å². The van der Waals surface area contributed by atoms with Crippen molar-refractivity contribution >= 4 is 11.8 Å². The Morgan fingerprint density at radius 3 is 2.55 bits per heavy atom. The van der Waals surface area contributed by atoms with E-state index in [0.717, 1.165) is 25.7 Å². The minimum atomic E-state index is -0.0768. The molecule has 1 heterocycles. The molecule has 1 saturated carbocycles. The molecule has 0 radical (unpaired) electrons. The first-order valence-electron chi connectivity index (χ1n) is 8.31. The number of carbonyl (C=O) groups excluding carboxylic acids is 2. The zero-order valence-corrected chi connectivity index (χ0v) is 13.1. The van der Waals surface area contributed by atoms with Crippen LogP contribution in [0.2, 0.25) is 0 Å². The van der Waals surface area contributed by atoms with Crippen molar-refractivity contribution in [3.8, 4) is 6.07 Å². The fourth-order valence-corrected chi connectivity index (χ4v) is 3.20. The largest absolute Gasteiger partial charge is 0.352 e. The van der Waals surface area contributed by atoms with E-state index in [9.17, 15) is 9.59 Å². The molecule has 2 rings (SSSR count). The third-order valence-corrected chi connectivity index (χ3v) is 4.59. The molecule has 120 valence electrons. The highest BCUT2D eigenvalue weighted by atomic mass is 16.2. The Labute approximate surface area is 132 Å². The molecule has 0 unspecified atom stereocenters. The summed E-state index contributed by atoms with van der Waals surface area (Å²) in [7, 11) is 0. The van der Waals surface area contributed by atoms with Gasteiger partial charge < -0.3 is 10.2 Å². The van der Waals surface area contributed by atoms with Crippen LogP contribution in [0, 0.1) is 17.2 Å². The predicted molar refractivity (Wildman–Crippen MR) is 83.7 cm³/mol. The van der Waals surface area contributed by atoms with Gasteiger partial charge in [-0.2, -0.15) is 5.26 Å².